The van der Waals surface area contributed by atoms with E-state index in [1.54, 1.807) is 0 Å². The highest BCUT2D eigenvalue weighted by Crippen LogP contribution is 2.14. The van der Waals surface area contributed by atoms with Crippen molar-refractivity contribution in [2.45, 2.75) is 90.5 Å². The topological polar surface area (TPSA) is 35.5 Å². The van der Waals surface area contributed by atoms with Crippen LogP contribution in [-0.2, 0) is 14.0 Å². The Balaban J connectivity index is 4.01. The quantitative estimate of drug-likeness (QED) is 0.106. The van der Waals surface area contributed by atoms with Gasteiger partial charge < -0.3 is 9.16 Å². The van der Waals surface area contributed by atoms with Gasteiger partial charge in [-0.05, 0) is 51.7 Å². The van der Waals surface area contributed by atoms with Crippen molar-refractivity contribution in [3.63, 3.8) is 0 Å². The van der Waals surface area contributed by atoms with Crippen LogP contribution in [0.1, 0.15) is 64.7 Å². The summed E-state index contributed by atoms with van der Waals surface area (Å²) in [6.45, 7) is 8.98. The minimum atomic E-state index is -1.50. The molecule has 0 saturated carbocycles. The van der Waals surface area contributed by atoms with Crippen molar-refractivity contribution in [1.82, 2.24) is 0 Å². The third-order valence-electron chi connectivity index (χ3n) is 3.84. The molecule has 0 rings (SSSR count). The van der Waals surface area contributed by atoms with Crippen molar-refractivity contribution in [3.8, 4) is 0 Å². The maximum Gasteiger partial charge on any atom is 0.305 e. The monoisotopic (exact) mass is 380 g/mol. The summed E-state index contributed by atoms with van der Waals surface area (Å²) in [5, 5.41) is 0. The maximum absolute atomic E-state index is 11.0. The van der Waals surface area contributed by atoms with E-state index in [1.165, 1.54) is 26.4 Å². The first-order valence-electron chi connectivity index (χ1n) is 10.1. The number of hydrogen-bond donors (Lipinski definition) is 0. The zero-order valence-corrected chi connectivity index (χ0v) is 18.6. The van der Waals surface area contributed by atoms with Crippen LogP contribution in [0.3, 0.4) is 0 Å². The summed E-state index contributed by atoms with van der Waals surface area (Å²) in [5.41, 5.74) is 0. The third kappa shape index (κ3) is 17.7. The molecule has 0 saturated heterocycles. The van der Waals surface area contributed by atoms with Crippen molar-refractivity contribution in [2.75, 3.05) is 7.11 Å². The molecule has 0 aromatic heterocycles. The summed E-state index contributed by atoms with van der Waals surface area (Å²) in [6.07, 6.45) is 22.5. The molecule has 0 aliphatic carbocycles. The van der Waals surface area contributed by atoms with E-state index in [0.29, 0.717) is 6.42 Å². The highest BCUT2D eigenvalue weighted by atomic mass is 28.4. The lowest BCUT2D eigenvalue weighted by Gasteiger charge is -2.24. The molecule has 0 aromatic rings. The van der Waals surface area contributed by atoms with Crippen molar-refractivity contribution in [1.29, 1.82) is 0 Å². The third-order valence-corrected chi connectivity index (χ3v) is 4.85. The van der Waals surface area contributed by atoms with Gasteiger partial charge in [0.15, 0.2) is 8.32 Å². The summed E-state index contributed by atoms with van der Waals surface area (Å²) < 4.78 is 10.9. The number of allylic oxidation sites excluding steroid dienone is 5. The van der Waals surface area contributed by atoms with Gasteiger partial charge in [-0.3, -0.25) is 4.79 Å². The standard InChI is InChI=1S/C22H40O3Si/c1-6-7-15-18-21(25-26(3,4)5)19-16-13-11-9-8-10-12-14-17-20-22(23)24-2/h8,10-11,13,16,19,21H,6-7,9,12,14-15,17-18,20H2,1-5H3/b10-8-,13-11-,19-16+. The van der Waals surface area contributed by atoms with Crippen LogP contribution in [0.15, 0.2) is 36.5 Å². The van der Waals surface area contributed by atoms with Gasteiger partial charge in [-0.2, -0.15) is 0 Å². The highest BCUT2D eigenvalue weighted by molar-refractivity contribution is 6.69. The Bertz CT molecular complexity index is 433. The summed E-state index contributed by atoms with van der Waals surface area (Å²) in [5.74, 6) is -0.116. The molecule has 3 nitrogen and oxygen atoms in total. The van der Waals surface area contributed by atoms with Crippen LogP contribution in [0, 0.1) is 0 Å². The highest BCUT2D eigenvalue weighted by Gasteiger charge is 2.18. The van der Waals surface area contributed by atoms with E-state index in [-0.39, 0.29) is 12.1 Å². The van der Waals surface area contributed by atoms with Crippen LogP contribution in [0.2, 0.25) is 19.6 Å². The van der Waals surface area contributed by atoms with Gasteiger partial charge in [-0.1, -0.05) is 62.6 Å². The van der Waals surface area contributed by atoms with Gasteiger partial charge >= 0.3 is 5.97 Å². The molecule has 0 aromatic carbocycles. The fourth-order valence-electron chi connectivity index (χ4n) is 2.52. The Morgan fingerprint density at radius 2 is 1.77 bits per heavy atom. The Labute approximate surface area is 162 Å². The Morgan fingerprint density at radius 3 is 2.42 bits per heavy atom. The molecule has 26 heavy (non-hydrogen) atoms. The number of rotatable bonds is 15. The van der Waals surface area contributed by atoms with E-state index in [4.69, 9.17) is 4.43 Å². The van der Waals surface area contributed by atoms with Crippen molar-refractivity contribution < 1.29 is 14.0 Å². The number of esters is 1. The van der Waals surface area contributed by atoms with Crippen LogP contribution in [-0.4, -0.2) is 27.5 Å². The van der Waals surface area contributed by atoms with E-state index < -0.39 is 8.32 Å². The first kappa shape index (κ1) is 24.9. The van der Waals surface area contributed by atoms with Crippen molar-refractivity contribution >= 4 is 14.3 Å². The Kier molecular flexibility index (Phi) is 15.4. The van der Waals surface area contributed by atoms with Crippen molar-refractivity contribution in [2.24, 2.45) is 0 Å². The smallest absolute Gasteiger partial charge is 0.305 e. The summed E-state index contributed by atoms with van der Waals surface area (Å²) in [7, 11) is -0.0648. The van der Waals surface area contributed by atoms with Crippen molar-refractivity contribution in [3.05, 3.63) is 36.5 Å². The molecule has 0 heterocycles. The Hall–Kier alpha value is -1.13. The fraction of sp³-hybridized carbons (Fsp3) is 0.682. The SMILES string of the molecule is CCCCCC(/C=C/C=C\C/C=C\CCCCC(=O)OC)O[Si](C)(C)C. The fourth-order valence-corrected chi connectivity index (χ4v) is 3.62. The molecule has 0 amide bonds. The molecule has 0 radical (unpaired) electrons. The van der Waals surface area contributed by atoms with Crippen LogP contribution in [0.5, 0.6) is 0 Å². The average molecular weight is 381 g/mol. The van der Waals surface area contributed by atoms with E-state index in [0.717, 1.165) is 32.1 Å². The number of carbonyl (C=O) groups excluding carboxylic acids is 1. The molecule has 1 atom stereocenters. The number of methoxy groups -OCH3 is 1. The molecule has 0 aliphatic rings. The minimum Gasteiger partial charge on any atom is -0.469 e. The second-order valence-corrected chi connectivity index (χ2v) is 12.1. The summed E-state index contributed by atoms with van der Waals surface area (Å²) >= 11 is 0. The lowest BCUT2D eigenvalue weighted by Crippen LogP contribution is -2.31. The van der Waals surface area contributed by atoms with Crippen LogP contribution in [0.4, 0.5) is 0 Å². The number of ether oxygens (including phenoxy) is 1. The minimum absolute atomic E-state index is 0.116. The molecule has 0 spiro atoms. The maximum atomic E-state index is 11.0. The number of unbranched alkanes of at least 4 members (excludes halogenated alkanes) is 4. The molecule has 0 N–H and O–H groups in total. The summed E-state index contributed by atoms with van der Waals surface area (Å²) in [4.78, 5) is 11.0. The van der Waals surface area contributed by atoms with Gasteiger partial charge in [0, 0.05) is 6.42 Å². The van der Waals surface area contributed by atoms with Crippen LogP contribution < -0.4 is 0 Å². The van der Waals surface area contributed by atoms with E-state index in [1.807, 2.05) is 0 Å². The predicted octanol–water partition coefficient (Wildman–Crippen LogP) is 6.58. The molecule has 150 valence electrons. The zero-order chi connectivity index (χ0) is 19.7. The molecular weight excluding hydrogens is 340 g/mol. The van der Waals surface area contributed by atoms with Crippen LogP contribution >= 0.6 is 0 Å². The van der Waals surface area contributed by atoms with Gasteiger partial charge in [0.25, 0.3) is 0 Å². The predicted molar refractivity (Wildman–Crippen MR) is 115 cm³/mol. The summed E-state index contributed by atoms with van der Waals surface area (Å²) in [6, 6.07) is 0. The largest absolute Gasteiger partial charge is 0.469 e. The van der Waals surface area contributed by atoms with E-state index >= 15 is 0 Å². The van der Waals surface area contributed by atoms with E-state index in [9.17, 15) is 4.79 Å². The normalized spacial score (nSPS) is 13.9. The van der Waals surface area contributed by atoms with Gasteiger partial charge in [0.2, 0.25) is 0 Å². The van der Waals surface area contributed by atoms with Crippen LogP contribution in [0.25, 0.3) is 0 Å². The first-order chi connectivity index (χ1) is 12.4. The molecule has 0 fully saturated rings. The zero-order valence-electron chi connectivity index (χ0n) is 17.6. The molecule has 0 aliphatic heterocycles. The lowest BCUT2D eigenvalue weighted by molar-refractivity contribution is -0.140. The second-order valence-electron chi connectivity index (χ2n) is 7.61. The van der Waals surface area contributed by atoms with Gasteiger partial charge in [-0.25, -0.2) is 0 Å². The lowest BCUT2D eigenvalue weighted by atomic mass is 10.1. The first-order valence-corrected chi connectivity index (χ1v) is 13.5. The number of hydrogen-bond acceptors (Lipinski definition) is 3. The average Bonchev–Trinajstić information content (AvgIpc) is 2.58. The molecule has 0 bridgehead atoms. The van der Waals surface area contributed by atoms with Gasteiger partial charge in [-0.15, -0.1) is 0 Å². The van der Waals surface area contributed by atoms with Gasteiger partial charge in [0.1, 0.15) is 0 Å². The molecular formula is C22H40O3Si. The molecule has 4 heteroatoms. The second kappa shape index (κ2) is 16.1. The van der Waals surface area contributed by atoms with Gasteiger partial charge in [0.05, 0.1) is 13.2 Å². The molecule has 1 unspecified atom stereocenters. The number of carbonyl (C=O) groups is 1. The van der Waals surface area contributed by atoms with E-state index in [2.05, 4.69) is 67.8 Å². The Morgan fingerprint density at radius 1 is 1.00 bits per heavy atom.